The van der Waals surface area contributed by atoms with Crippen LogP contribution in [0.4, 0.5) is 5.95 Å². The van der Waals surface area contributed by atoms with E-state index in [0.29, 0.717) is 5.56 Å². The van der Waals surface area contributed by atoms with E-state index in [-0.39, 0.29) is 5.91 Å². The van der Waals surface area contributed by atoms with Crippen LogP contribution < -0.4 is 4.90 Å². The third-order valence-electron chi connectivity index (χ3n) is 4.17. The maximum absolute atomic E-state index is 12.3. The second-order valence-corrected chi connectivity index (χ2v) is 5.67. The lowest BCUT2D eigenvalue weighted by Gasteiger charge is -2.28. The summed E-state index contributed by atoms with van der Waals surface area (Å²) in [5.74, 6) is 0.842. The molecule has 0 aromatic carbocycles. The van der Waals surface area contributed by atoms with Crippen LogP contribution in [0.5, 0.6) is 0 Å². The Morgan fingerprint density at radius 1 is 0.850 bits per heavy atom. The molecule has 1 aromatic heterocycles. The molecule has 3 rings (SSSR count). The average Bonchev–Trinajstić information content (AvgIpc) is 2.56. The summed E-state index contributed by atoms with van der Waals surface area (Å²) < 4.78 is 0. The molecule has 0 spiro atoms. The fourth-order valence-electron chi connectivity index (χ4n) is 2.97. The normalized spacial score (nSPS) is 20.0. The summed E-state index contributed by atoms with van der Waals surface area (Å²) >= 11 is 0. The van der Waals surface area contributed by atoms with Gasteiger partial charge in [-0.2, -0.15) is 0 Å². The molecule has 1 aromatic rings. The molecule has 0 aliphatic carbocycles. The van der Waals surface area contributed by atoms with E-state index >= 15 is 0 Å². The van der Waals surface area contributed by atoms with Gasteiger partial charge < -0.3 is 9.80 Å². The van der Waals surface area contributed by atoms with Crippen molar-refractivity contribution in [3.8, 4) is 0 Å². The summed E-state index contributed by atoms with van der Waals surface area (Å²) in [4.78, 5) is 25.2. The standard InChI is InChI=1S/C15H22N4O/c20-14(18-7-3-1-4-8-18)13-11-16-15(17-12-13)19-9-5-2-6-10-19/h11-12H,1-10H2. The third kappa shape index (κ3) is 2.92. The highest BCUT2D eigenvalue weighted by Crippen LogP contribution is 2.16. The lowest BCUT2D eigenvalue weighted by molar-refractivity contribution is 0.0723. The van der Waals surface area contributed by atoms with E-state index in [2.05, 4.69) is 14.9 Å². The molecular formula is C15H22N4O. The molecule has 5 nitrogen and oxygen atoms in total. The van der Waals surface area contributed by atoms with Crippen LogP contribution in [0.2, 0.25) is 0 Å². The molecule has 2 aliphatic rings. The van der Waals surface area contributed by atoms with Crippen LogP contribution in [-0.4, -0.2) is 47.0 Å². The number of likely N-dealkylation sites (tertiary alicyclic amines) is 1. The Kier molecular flexibility index (Phi) is 4.14. The number of carbonyl (C=O) groups is 1. The topological polar surface area (TPSA) is 49.3 Å². The molecule has 3 heterocycles. The van der Waals surface area contributed by atoms with Crippen LogP contribution in [-0.2, 0) is 0 Å². The Morgan fingerprint density at radius 2 is 1.40 bits per heavy atom. The summed E-state index contributed by atoms with van der Waals surface area (Å²) in [6.07, 6.45) is 10.5. The summed E-state index contributed by atoms with van der Waals surface area (Å²) in [5.41, 5.74) is 0.618. The highest BCUT2D eigenvalue weighted by molar-refractivity contribution is 5.93. The molecule has 1 amide bonds. The van der Waals surface area contributed by atoms with Gasteiger partial charge in [-0.05, 0) is 38.5 Å². The average molecular weight is 274 g/mol. The van der Waals surface area contributed by atoms with Crippen molar-refractivity contribution >= 4 is 11.9 Å². The van der Waals surface area contributed by atoms with Gasteiger partial charge >= 0.3 is 0 Å². The SMILES string of the molecule is O=C(c1cnc(N2CCCCC2)nc1)N1CCCCC1. The van der Waals surface area contributed by atoms with Crippen molar-refractivity contribution in [2.45, 2.75) is 38.5 Å². The summed E-state index contributed by atoms with van der Waals surface area (Å²) in [6.45, 7) is 3.79. The van der Waals surface area contributed by atoms with Crippen LogP contribution in [0, 0.1) is 0 Å². The molecule has 2 fully saturated rings. The lowest BCUT2D eigenvalue weighted by Crippen LogP contribution is -2.36. The third-order valence-corrected chi connectivity index (χ3v) is 4.17. The van der Waals surface area contributed by atoms with Crippen LogP contribution in [0.15, 0.2) is 12.4 Å². The monoisotopic (exact) mass is 274 g/mol. The number of anilines is 1. The van der Waals surface area contributed by atoms with Crippen LogP contribution in [0.3, 0.4) is 0 Å². The van der Waals surface area contributed by atoms with Gasteiger partial charge in [0.15, 0.2) is 0 Å². The zero-order valence-electron chi connectivity index (χ0n) is 11.9. The summed E-state index contributed by atoms with van der Waals surface area (Å²) in [7, 11) is 0. The fraction of sp³-hybridized carbons (Fsp3) is 0.667. The van der Waals surface area contributed by atoms with Crippen LogP contribution >= 0.6 is 0 Å². The first-order valence-electron chi connectivity index (χ1n) is 7.71. The minimum Gasteiger partial charge on any atom is -0.341 e. The van der Waals surface area contributed by atoms with Crippen molar-refractivity contribution in [3.05, 3.63) is 18.0 Å². The molecule has 0 unspecified atom stereocenters. The van der Waals surface area contributed by atoms with Gasteiger partial charge in [-0.1, -0.05) is 0 Å². The first-order valence-corrected chi connectivity index (χ1v) is 7.71. The number of carbonyl (C=O) groups excluding carboxylic acids is 1. The Bertz CT molecular complexity index is 447. The quantitative estimate of drug-likeness (QED) is 0.828. The van der Waals surface area contributed by atoms with Crippen molar-refractivity contribution in [1.82, 2.24) is 14.9 Å². The first kappa shape index (κ1) is 13.3. The number of hydrogen-bond donors (Lipinski definition) is 0. The zero-order valence-corrected chi connectivity index (χ0v) is 11.9. The van der Waals surface area contributed by atoms with Gasteiger partial charge in [0.1, 0.15) is 0 Å². The van der Waals surface area contributed by atoms with Gasteiger partial charge in [-0.25, -0.2) is 9.97 Å². The minimum atomic E-state index is 0.0786. The molecular weight excluding hydrogens is 252 g/mol. The molecule has 2 saturated heterocycles. The van der Waals surface area contributed by atoms with E-state index in [0.717, 1.165) is 45.0 Å². The van der Waals surface area contributed by atoms with E-state index < -0.39 is 0 Å². The number of aromatic nitrogens is 2. The predicted molar refractivity (Wildman–Crippen MR) is 77.9 cm³/mol. The van der Waals surface area contributed by atoms with E-state index in [1.54, 1.807) is 12.4 Å². The highest BCUT2D eigenvalue weighted by atomic mass is 16.2. The molecule has 0 N–H and O–H groups in total. The van der Waals surface area contributed by atoms with Gasteiger partial charge in [-0.15, -0.1) is 0 Å². The van der Waals surface area contributed by atoms with Crippen molar-refractivity contribution in [1.29, 1.82) is 0 Å². The van der Waals surface area contributed by atoms with Gasteiger partial charge in [0.05, 0.1) is 5.56 Å². The zero-order chi connectivity index (χ0) is 13.8. The fourth-order valence-corrected chi connectivity index (χ4v) is 2.97. The molecule has 0 bridgehead atoms. The minimum absolute atomic E-state index is 0.0786. The smallest absolute Gasteiger partial charge is 0.256 e. The Balaban J connectivity index is 1.67. The summed E-state index contributed by atoms with van der Waals surface area (Å²) in [6, 6.07) is 0. The maximum atomic E-state index is 12.3. The molecule has 5 heteroatoms. The Labute approximate surface area is 120 Å². The van der Waals surface area contributed by atoms with Crippen molar-refractivity contribution in [3.63, 3.8) is 0 Å². The Morgan fingerprint density at radius 3 is 2.00 bits per heavy atom. The second-order valence-electron chi connectivity index (χ2n) is 5.67. The second kappa shape index (κ2) is 6.20. The van der Waals surface area contributed by atoms with Crippen molar-refractivity contribution < 1.29 is 4.79 Å². The molecule has 108 valence electrons. The molecule has 0 atom stereocenters. The number of piperidine rings is 2. The van der Waals surface area contributed by atoms with Crippen molar-refractivity contribution in [2.24, 2.45) is 0 Å². The largest absolute Gasteiger partial charge is 0.341 e. The lowest BCUT2D eigenvalue weighted by atomic mass is 10.1. The van der Waals surface area contributed by atoms with Gasteiger partial charge in [0.2, 0.25) is 5.95 Å². The Hall–Kier alpha value is -1.65. The van der Waals surface area contributed by atoms with E-state index in [1.165, 1.54) is 25.7 Å². The summed E-state index contributed by atoms with van der Waals surface area (Å²) in [5, 5.41) is 0. The van der Waals surface area contributed by atoms with Crippen molar-refractivity contribution in [2.75, 3.05) is 31.1 Å². The molecule has 20 heavy (non-hydrogen) atoms. The molecule has 2 aliphatic heterocycles. The number of nitrogens with zero attached hydrogens (tertiary/aromatic N) is 4. The predicted octanol–water partition coefficient (Wildman–Crippen LogP) is 2.09. The van der Waals surface area contributed by atoms with Gasteiger partial charge in [-0.3, -0.25) is 4.79 Å². The number of hydrogen-bond acceptors (Lipinski definition) is 4. The van der Waals surface area contributed by atoms with E-state index in [4.69, 9.17) is 0 Å². The van der Waals surface area contributed by atoms with E-state index in [1.807, 2.05) is 4.90 Å². The maximum Gasteiger partial charge on any atom is 0.256 e. The molecule has 0 saturated carbocycles. The number of rotatable bonds is 2. The van der Waals surface area contributed by atoms with Gasteiger partial charge in [0.25, 0.3) is 5.91 Å². The number of amides is 1. The van der Waals surface area contributed by atoms with Crippen LogP contribution in [0.25, 0.3) is 0 Å². The van der Waals surface area contributed by atoms with Crippen LogP contribution in [0.1, 0.15) is 48.9 Å². The highest BCUT2D eigenvalue weighted by Gasteiger charge is 2.19. The van der Waals surface area contributed by atoms with E-state index in [9.17, 15) is 4.79 Å². The molecule has 0 radical (unpaired) electrons. The first-order chi connectivity index (χ1) is 9.84. The van der Waals surface area contributed by atoms with Gasteiger partial charge in [0, 0.05) is 38.6 Å².